The zero-order chi connectivity index (χ0) is 12.5. The van der Waals surface area contributed by atoms with Crippen LogP contribution in [0.1, 0.15) is 37.8 Å². The normalized spacial score (nSPS) is 16.7. The Bertz CT molecular complexity index is 552. The highest BCUT2D eigenvalue weighted by atomic mass is 15.2. The molecule has 2 aromatic rings. The lowest BCUT2D eigenvalue weighted by molar-refractivity contribution is 0.463. The Balaban J connectivity index is 1.85. The molecule has 0 aromatic carbocycles. The molecule has 18 heavy (non-hydrogen) atoms. The van der Waals surface area contributed by atoms with Crippen molar-refractivity contribution in [1.82, 2.24) is 14.5 Å². The number of hydrogen-bond acceptors (Lipinski definition) is 3. The molecule has 0 unspecified atom stereocenters. The molecule has 4 nitrogen and oxygen atoms in total. The molecule has 0 atom stereocenters. The van der Waals surface area contributed by atoms with Gasteiger partial charge in [-0.25, -0.2) is 9.97 Å². The average molecular weight is 244 g/mol. The van der Waals surface area contributed by atoms with Gasteiger partial charge in [0.15, 0.2) is 5.65 Å². The van der Waals surface area contributed by atoms with Crippen molar-refractivity contribution in [3.8, 4) is 0 Å². The number of fused-ring (bicyclic) bond motifs is 1. The lowest BCUT2D eigenvalue weighted by Gasteiger charge is -2.10. The second-order valence-corrected chi connectivity index (χ2v) is 5.36. The Hall–Kier alpha value is -1.58. The number of aryl methyl sites for hydroxylation is 2. The summed E-state index contributed by atoms with van der Waals surface area (Å²) < 4.78 is 2.07. The van der Waals surface area contributed by atoms with Gasteiger partial charge in [-0.1, -0.05) is 25.7 Å². The van der Waals surface area contributed by atoms with Gasteiger partial charge in [0.1, 0.15) is 5.52 Å². The summed E-state index contributed by atoms with van der Waals surface area (Å²) in [6.07, 6.45) is 6.73. The fourth-order valence-corrected chi connectivity index (χ4v) is 2.94. The second kappa shape index (κ2) is 4.59. The van der Waals surface area contributed by atoms with E-state index in [9.17, 15) is 0 Å². The van der Waals surface area contributed by atoms with Crippen molar-refractivity contribution in [1.29, 1.82) is 0 Å². The van der Waals surface area contributed by atoms with E-state index >= 15 is 0 Å². The Labute approximate surface area is 107 Å². The molecule has 3 rings (SSSR count). The predicted octanol–water partition coefficient (Wildman–Crippen LogP) is 2.90. The van der Waals surface area contributed by atoms with Crippen LogP contribution >= 0.6 is 0 Å². The molecule has 1 aliphatic rings. The molecular weight excluding hydrogens is 224 g/mol. The Kier molecular flexibility index (Phi) is 2.94. The first-order chi connectivity index (χ1) is 8.74. The smallest absolute Gasteiger partial charge is 0.202 e. The zero-order valence-electron chi connectivity index (χ0n) is 10.9. The fourth-order valence-electron chi connectivity index (χ4n) is 2.94. The maximum atomic E-state index is 6.00. The number of imidazole rings is 1. The maximum absolute atomic E-state index is 6.00. The molecule has 0 spiro atoms. The third-order valence-electron chi connectivity index (χ3n) is 4.00. The maximum Gasteiger partial charge on any atom is 0.202 e. The molecule has 96 valence electrons. The van der Waals surface area contributed by atoms with Gasteiger partial charge in [-0.3, -0.25) is 4.57 Å². The standard InChI is InChI=1S/C14H20N4/c1-10-6-7-12-13(16-10)18(14(15)17-12)9-8-11-4-2-3-5-11/h6-7,11H,2-5,8-9H2,1H3,(H2,15,17). The van der Waals surface area contributed by atoms with Crippen LogP contribution in [-0.4, -0.2) is 14.5 Å². The van der Waals surface area contributed by atoms with E-state index in [-0.39, 0.29) is 0 Å². The zero-order valence-corrected chi connectivity index (χ0v) is 10.9. The van der Waals surface area contributed by atoms with E-state index in [0.717, 1.165) is 29.3 Å². The quantitative estimate of drug-likeness (QED) is 0.903. The molecule has 0 radical (unpaired) electrons. The van der Waals surface area contributed by atoms with E-state index in [1.807, 2.05) is 19.1 Å². The van der Waals surface area contributed by atoms with Crippen molar-refractivity contribution in [2.75, 3.05) is 5.73 Å². The monoisotopic (exact) mass is 244 g/mol. The average Bonchev–Trinajstić information content (AvgIpc) is 2.94. The summed E-state index contributed by atoms with van der Waals surface area (Å²) in [5.74, 6) is 1.47. The highest BCUT2D eigenvalue weighted by Gasteiger charge is 2.16. The number of rotatable bonds is 3. The van der Waals surface area contributed by atoms with Crippen molar-refractivity contribution in [2.45, 2.75) is 45.6 Å². The molecule has 1 saturated carbocycles. The minimum absolute atomic E-state index is 0.598. The number of aromatic nitrogens is 3. The van der Waals surface area contributed by atoms with E-state index in [2.05, 4.69) is 14.5 Å². The molecule has 2 N–H and O–H groups in total. The summed E-state index contributed by atoms with van der Waals surface area (Å²) in [4.78, 5) is 8.94. The molecule has 0 saturated heterocycles. The molecule has 0 aliphatic heterocycles. The number of nitrogen functional groups attached to an aromatic ring is 1. The Morgan fingerprint density at radius 2 is 2.06 bits per heavy atom. The third kappa shape index (κ3) is 2.07. The number of anilines is 1. The lowest BCUT2D eigenvalue weighted by atomic mass is 10.0. The first-order valence-electron chi connectivity index (χ1n) is 6.83. The van der Waals surface area contributed by atoms with Crippen LogP contribution in [0.25, 0.3) is 11.2 Å². The number of pyridine rings is 1. The number of nitrogens with two attached hydrogens (primary N) is 1. The number of hydrogen-bond donors (Lipinski definition) is 1. The van der Waals surface area contributed by atoms with Crippen molar-refractivity contribution in [2.24, 2.45) is 5.92 Å². The molecule has 4 heteroatoms. The van der Waals surface area contributed by atoms with Crippen molar-refractivity contribution < 1.29 is 0 Å². The Morgan fingerprint density at radius 3 is 2.83 bits per heavy atom. The van der Waals surface area contributed by atoms with Crippen molar-refractivity contribution in [3.63, 3.8) is 0 Å². The summed E-state index contributed by atoms with van der Waals surface area (Å²) in [5, 5.41) is 0. The van der Waals surface area contributed by atoms with Crippen LogP contribution < -0.4 is 5.73 Å². The lowest BCUT2D eigenvalue weighted by Crippen LogP contribution is -2.07. The van der Waals surface area contributed by atoms with E-state index in [0.29, 0.717) is 5.95 Å². The van der Waals surface area contributed by atoms with Crippen LogP contribution in [0.4, 0.5) is 5.95 Å². The molecule has 1 fully saturated rings. The fraction of sp³-hybridized carbons (Fsp3) is 0.571. The van der Waals surface area contributed by atoms with Gasteiger partial charge in [-0.15, -0.1) is 0 Å². The summed E-state index contributed by atoms with van der Waals surface area (Å²) in [7, 11) is 0. The van der Waals surface area contributed by atoms with Gasteiger partial charge in [0.2, 0.25) is 5.95 Å². The summed E-state index contributed by atoms with van der Waals surface area (Å²) in [6, 6.07) is 3.98. The van der Waals surface area contributed by atoms with Crippen LogP contribution in [-0.2, 0) is 6.54 Å². The molecule has 0 bridgehead atoms. The molecule has 2 aromatic heterocycles. The minimum Gasteiger partial charge on any atom is -0.369 e. The molecule has 0 amide bonds. The van der Waals surface area contributed by atoms with E-state index in [1.54, 1.807) is 0 Å². The SMILES string of the molecule is Cc1ccc2nc(N)n(CCC3CCCC3)c2n1. The largest absolute Gasteiger partial charge is 0.369 e. The third-order valence-corrected chi connectivity index (χ3v) is 4.00. The molecule has 1 aliphatic carbocycles. The highest BCUT2D eigenvalue weighted by Crippen LogP contribution is 2.28. The van der Waals surface area contributed by atoms with Gasteiger partial charge in [-0.2, -0.15) is 0 Å². The predicted molar refractivity (Wildman–Crippen MR) is 73.3 cm³/mol. The van der Waals surface area contributed by atoms with Crippen LogP contribution in [0.2, 0.25) is 0 Å². The van der Waals surface area contributed by atoms with Crippen LogP contribution in [0.5, 0.6) is 0 Å². The summed E-state index contributed by atoms with van der Waals surface area (Å²) in [6.45, 7) is 2.95. The van der Waals surface area contributed by atoms with Gasteiger partial charge in [0.05, 0.1) is 0 Å². The van der Waals surface area contributed by atoms with Gasteiger partial charge in [0.25, 0.3) is 0 Å². The first kappa shape index (κ1) is 11.5. The van der Waals surface area contributed by atoms with Crippen LogP contribution in [0, 0.1) is 12.8 Å². The number of nitrogens with zero attached hydrogens (tertiary/aromatic N) is 3. The minimum atomic E-state index is 0.598. The molecule has 2 heterocycles. The highest BCUT2D eigenvalue weighted by molar-refractivity contribution is 5.74. The summed E-state index contributed by atoms with van der Waals surface area (Å²) in [5.41, 5.74) is 8.86. The van der Waals surface area contributed by atoms with Crippen molar-refractivity contribution in [3.05, 3.63) is 17.8 Å². The van der Waals surface area contributed by atoms with E-state index in [1.165, 1.54) is 32.1 Å². The van der Waals surface area contributed by atoms with Crippen LogP contribution in [0.3, 0.4) is 0 Å². The first-order valence-corrected chi connectivity index (χ1v) is 6.83. The van der Waals surface area contributed by atoms with Gasteiger partial charge >= 0.3 is 0 Å². The van der Waals surface area contributed by atoms with E-state index < -0.39 is 0 Å². The van der Waals surface area contributed by atoms with Gasteiger partial charge < -0.3 is 5.73 Å². The van der Waals surface area contributed by atoms with Gasteiger partial charge in [-0.05, 0) is 31.4 Å². The van der Waals surface area contributed by atoms with Gasteiger partial charge in [0, 0.05) is 12.2 Å². The van der Waals surface area contributed by atoms with Crippen LogP contribution in [0.15, 0.2) is 12.1 Å². The summed E-state index contributed by atoms with van der Waals surface area (Å²) >= 11 is 0. The second-order valence-electron chi connectivity index (χ2n) is 5.36. The Morgan fingerprint density at radius 1 is 1.28 bits per heavy atom. The van der Waals surface area contributed by atoms with E-state index in [4.69, 9.17) is 5.73 Å². The molecular formula is C14H20N4. The topological polar surface area (TPSA) is 56.7 Å². The van der Waals surface area contributed by atoms with Crippen molar-refractivity contribution >= 4 is 17.1 Å².